The Morgan fingerprint density at radius 2 is 1.84 bits per heavy atom. The molecule has 1 aromatic heterocycles. The summed E-state index contributed by atoms with van der Waals surface area (Å²) in [6.07, 6.45) is 3.02. The minimum absolute atomic E-state index is 0.0452. The third-order valence-electron chi connectivity index (χ3n) is 5.79. The first kappa shape index (κ1) is 25.6. The number of rotatable bonds is 8. The molecule has 4 rings (SSSR count). The number of esters is 1. The lowest BCUT2D eigenvalue weighted by atomic mass is 9.96. The number of carbonyl (C=O) groups excluding carboxylic acids is 3. The van der Waals surface area contributed by atoms with E-state index in [1.165, 1.54) is 4.90 Å². The first-order valence-electron chi connectivity index (χ1n) is 12.0. The molecule has 0 radical (unpaired) electrons. The number of hydrogen-bond acceptors (Lipinski definition) is 7. The largest absolute Gasteiger partial charge is 0.507 e. The zero-order valence-corrected chi connectivity index (χ0v) is 20.9. The molecule has 2 aromatic carbocycles. The molecule has 0 aliphatic carbocycles. The molecule has 37 heavy (non-hydrogen) atoms. The summed E-state index contributed by atoms with van der Waals surface area (Å²) in [7, 11) is 0. The number of aromatic nitrogens is 1. The Balaban J connectivity index is 1.76. The van der Waals surface area contributed by atoms with E-state index in [0.29, 0.717) is 34.7 Å². The van der Waals surface area contributed by atoms with Gasteiger partial charge in [0.25, 0.3) is 11.7 Å². The molecule has 3 aromatic rings. The number of benzene rings is 2. The Bertz CT molecular complexity index is 1330. The van der Waals surface area contributed by atoms with Crippen LogP contribution in [0.15, 0.2) is 78.6 Å². The molecule has 1 aliphatic heterocycles. The van der Waals surface area contributed by atoms with Crippen LogP contribution < -0.4 is 9.64 Å². The van der Waals surface area contributed by atoms with E-state index in [4.69, 9.17) is 9.47 Å². The van der Waals surface area contributed by atoms with E-state index in [1.807, 2.05) is 6.92 Å². The summed E-state index contributed by atoms with van der Waals surface area (Å²) < 4.78 is 10.7. The number of aliphatic hydroxyl groups excluding tert-OH is 1. The summed E-state index contributed by atoms with van der Waals surface area (Å²) in [6, 6.07) is 16.0. The molecule has 1 atom stereocenters. The number of Topliss-reactive ketones (excluding diaryl/α,β-unsaturated/α-hetero) is 1. The summed E-state index contributed by atoms with van der Waals surface area (Å²) in [5.74, 6) is -1.71. The molecular formula is C29H28N2O6. The Kier molecular flexibility index (Phi) is 7.67. The lowest BCUT2D eigenvalue weighted by Crippen LogP contribution is -2.29. The van der Waals surface area contributed by atoms with E-state index in [0.717, 1.165) is 0 Å². The van der Waals surface area contributed by atoms with Gasteiger partial charge in [0.2, 0.25) is 0 Å². The van der Waals surface area contributed by atoms with Crippen LogP contribution in [0.4, 0.5) is 5.69 Å². The zero-order chi connectivity index (χ0) is 26.5. The van der Waals surface area contributed by atoms with Crippen molar-refractivity contribution in [2.45, 2.75) is 39.3 Å². The van der Waals surface area contributed by atoms with Gasteiger partial charge in [-0.2, -0.15) is 0 Å². The summed E-state index contributed by atoms with van der Waals surface area (Å²) in [4.78, 5) is 44.1. The van der Waals surface area contributed by atoms with Crippen LogP contribution >= 0.6 is 0 Å². The first-order valence-corrected chi connectivity index (χ1v) is 12.0. The van der Waals surface area contributed by atoms with Gasteiger partial charge in [-0.15, -0.1) is 0 Å². The van der Waals surface area contributed by atoms with Gasteiger partial charge in [-0.05, 0) is 62.2 Å². The van der Waals surface area contributed by atoms with E-state index in [-0.39, 0.29) is 29.8 Å². The van der Waals surface area contributed by atoms with Crippen molar-refractivity contribution < 1.29 is 29.0 Å². The van der Waals surface area contributed by atoms with Crippen LogP contribution in [-0.2, 0) is 25.5 Å². The summed E-state index contributed by atoms with van der Waals surface area (Å²) in [5.41, 5.74) is 2.03. The zero-order valence-electron chi connectivity index (χ0n) is 20.9. The topological polar surface area (TPSA) is 106 Å². The molecule has 1 aliphatic rings. The second-order valence-corrected chi connectivity index (χ2v) is 8.80. The van der Waals surface area contributed by atoms with Crippen LogP contribution in [0.1, 0.15) is 43.5 Å². The number of hydrogen-bond donors (Lipinski definition) is 1. The van der Waals surface area contributed by atoms with Gasteiger partial charge in [0, 0.05) is 23.6 Å². The first-order chi connectivity index (χ1) is 17.8. The maximum Gasteiger partial charge on any atom is 0.310 e. The fourth-order valence-corrected chi connectivity index (χ4v) is 4.25. The number of ether oxygens (including phenoxy) is 2. The predicted octanol–water partition coefficient (Wildman–Crippen LogP) is 4.60. The lowest BCUT2D eigenvalue weighted by Gasteiger charge is -2.25. The van der Waals surface area contributed by atoms with Gasteiger partial charge < -0.3 is 14.6 Å². The second kappa shape index (κ2) is 11.1. The van der Waals surface area contributed by atoms with Gasteiger partial charge >= 0.3 is 5.97 Å². The van der Waals surface area contributed by atoms with Gasteiger partial charge in [-0.1, -0.05) is 30.3 Å². The lowest BCUT2D eigenvalue weighted by molar-refractivity contribution is -0.146. The van der Waals surface area contributed by atoms with E-state index < -0.39 is 17.7 Å². The van der Waals surface area contributed by atoms with Crippen molar-refractivity contribution in [3.05, 3.63) is 95.3 Å². The van der Waals surface area contributed by atoms with Crippen LogP contribution in [0, 0.1) is 0 Å². The van der Waals surface area contributed by atoms with Crippen LogP contribution in [0.25, 0.3) is 5.76 Å². The number of nitrogens with zero attached hydrogens (tertiary/aromatic N) is 2. The minimum atomic E-state index is -0.902. The van der Waals surface area contributed by atoms with Crippen molar-refractivity contribution in [1.29, 1.82) is 0 Å². The third-order valence-corrected chi connectivity index (χ3v) is 5.79. The van der Waals surface area contributed by atoms with Crippen molar-refractivity contribution >= 4 is 29.1 Å². The van der Waals surface area contributed by atoms with Crippen molar-refractivity contribution in [2.75, 3.05) is 11.5 Å². The second-order valence-electron chi connectivity index (χ2n) is 8.80. The summed E-state index contributed by atoms with van der Waals surface area (Å²) >= 11 is 0. The van der Waals surface area contributed by atoms with Crippen molar-refractivity contribution in [1.82, 2.24) is 4.98 Å². The van der Waals surface area contributed by atoms with Gasteiger partial charge in [-0.25, -0.2) is 0 Å². The smallest absolute Gasteiger partial charge is 0.310 e. The predicted molar refractivity (Wildman–Crippen MR) is 138 cm³/mol. The molecule has 2 heterocycles. The normalized spacial score (nSPS) is 16.8. The molecule has 190 valence electrons. The van der Waals surface area contributed by atoms with Crippen LogP contribution in [0.3, 0.4) is 0 Å². The van der Waals surface area contributed by atoms with E-state index >= 15 is 0 Å². The summed E-state index contributed by atoms with van der Waals surface area (Å²) in [5, 5.41) is 11.3. The molecule has 0 bridgehead atoms. The average molecular weight is 501 g/mol. The number of carbonyl (C=O) groups is 3. The Morgan fingerprint density at radius 3 is 2.49 bits per heavy atom. The SMILES string of the molecule is CCOc1cccc(/C(O)=C2/C(=O)C(=O)N(c3ccc(CC(=O)OC(C)C)cc3)C2c2cccnc2)c1. The van der Waals surface area contributed by atoms with Crippen LogP contribution in [0.5, 0.6) is 5.75 Å². The highest BCUT2D eigenvalue weighted by atomic mass is 16.5. The molecule has 1 N–H and O–H groups in total. The minimum Gasteiger partial charge on any atom is -0.507 e. The maximum absolute atomic E-state index is 13.3. The highest BCUT2D eigenvalue weighted by Crippen LogP contribution is 2.42. The van der Waals surface area contributed by atoms with Crippen molar-refractivity contribution in [3.63, 3.8) is 0 Å². The Morgan fingerprint density at radius 1 is 1.08 bits per heavy atom. The highest BCUT2D eigenvalue weighted by Gasteiger charge is 2.47. The van der Waals surface area contributed by atoms with Crippen LogP contribution in [0.2, 0.25) is 0 Å². The third kappa shape index (κ3) is 5.53. The Labute approximate surface area is 215 Å². The molecule has 8 nitrogen and oxygen atoms in total. The maximum atomic E-state index is 13.3. The molecule has 8 heteroatoms. The van der Waals surface area contributed by atoms with Crippen molar-refractivity contribution in [3.8, 4) is 5.75 Å². The van der Waals surface area contributed by atoms with Gasteiger partial charge in [0.05, 0.1) is 30.7 Å². The monoisotopic (exact) mass is 500 g/mol. The molecule has 0 saturated carbocycles. The average Bonchev–Trinajstić information content (AvgIpc) is 3.15. The quantitative estimate of drug-likeness (QED) is 0.209. The fourth-order valence-electron chi connectivity index (χ4n) is 4.25. The highest BCUT2D eigenvalue weighted by molar-refractivity contribution is 6.51. The summed E-state index contributed by atoms with van der Waals surface area (Å²) in [6.45, 7) is 5.85. The molecule has 0 spiro atoms. The number of ketones is 1. The molecular weight excluding hydrogens is 472 g/mol. The molecule has 1 amide bonds. The Hall–Kier alpha value is -4.46. The number of pyridine rings is 1. The van der Waals surface area contributed by atoms with Gasteiger partial charge in [0.1, 0.15) is 11.5 Å². The molecule has 1 fully saturated rings. The number of amides is 1. The van der Waals surface area contributed by atoms with Crippen molar-refractivity contribution in [2.24, 2.45) is 0 Å². The van der Waals surface area contributed by atoms with Crippen LogP contribution in [-0.4, -0.2) is 40.5 Å². The molecule has 1 unspecified atom stereocenters. The van der Waals surface area contributed by atoms with E-state index in [1.54, 1.807) is 86.9 Å². The van der Waals surface area contributed by atoms with E-state index in [2.05, 4.69) is 4.98 Å². The standard InChI is InChI=1S/C29H28N2O6/c1-4-36-23-9-5-7-20(16-23)27(33)25-26(21-8-6-14-30-17-21)31(29(35)28(25)34)22-12-10-19(11-13-22)15-24(32)37-18(2)3/h5-14,16-18,26,33H,4,15H2,1-3H3/b27-25-. The number of aliphatic hydroxyl groups is 1. The van der Waals surface area contributed by atoms with Gasteiger partial charge in [-0.3, -0.25) is 24.3 Å². The van der Waals surface area contributed by atoms with E-state index in [9.17, 15) is 19.5 Å². The fraction of sp³-hybridized carbons (Fsp3) is 0.241. The van der Waals surface area contributed by atoms with Gasteiger partial charge in [0.15, 0.2) is 0 Å². The molecule has 1 saturated heterocycles. The number of anilines is 1.